The largest absolute Gasteiger partial charge is 0.339 e. The number of anilines is 1. The van der Waals surface area contributed by atoms with Crippen molar-refractivity contribution in [3.8, 4) is 6.07 Å². The zero-order valence-electron chi connectivity index (χ0n) is 9.70. The molecule has 0 radical (unpaired) electrons. The summed E-state index contributed by atoms with van der Waals surface area (Å²) in [4.78, 5) is 10.1. The van der Waals surface area contributed by atoms with Crippen molar-refractivity contribution in [1.82, 2.24) is 19.7 Å². The monoisotopic (exact) mass is 228 g/mol. The number of rotatable bonds is 3. The van der Waals surface area contributed by atoms with Gasteiger partial charge >= 0.3 is 0 Å². The van der Waals surface area contributed by atoms with E-state index in [4.69, 9.17) is 5.26 Å². The molecule has 2 aromatic rings. The Balaban J connectivity index is 2.14. The van der Waals surface area contributed by atoms with E-state index in [2.05, 4.69) is 15.1 Å². The van der Waals surface area contributed by atoms with Crippen LogP contribution in [0.25, 0.3) is 0 Å². The van der Waals surface area contributed by atoms with Gasteiger partial charge in [-0.25, -0.2) is 9.97 Å². The average molecular weight is 228 g/mol. The van der Waals surface area contributed by atoms with Crippen LogP contribution in [0.4, 0.5) is 5.95 Å². The molecule has 0 bridgehead atoms. The van der Waals surface area contributed by atoms with E-state index in [1.165, 1.54) is 0 Å². The van der Waals surface area contributed by atoms with E-state index in [1.54, 1.807) is 23.1 Å². The Labute approximate surface area is 99.1 Å². The minimum atomic E-state index is 0.369. The van der Waals surface area contributed by atoms with Crippen LogP contribution >= 0.6 is 0 Å². The lowest BCUT2D eigenvalue weighted by molar-refractivity contribution is 0.766. The first kappa shape index (κ1) is 11.1. The van der Waals surface area contributed by atoms with Crippen LogP contribution in [-0.2, 0) is 13.6 Å². The zero-order chi connectivity index (χ0) is 12.3. The van der Waals surface area contributed by atoms with E-state index in [0.717, 1.165) is 5.56 Å². The van der Waals surface area contributed by atoms with Crippen LogP contribution in [0.2, 0.25) is 0 Å². The van der Waals surface area contributed by atoms with Crippen LogP contribution in [0.5, 0.6) is 0 Å². The second kappa shape index (κ2) is 4.61. The van der Waals surface area contributed by atoms with Crippen molar-refractivity contribution >= 4 is 5.95 Å². The second-order valence-corrected chi connectivity index (χ2v) is 3.73. The molecule has 6 nitrogen and oxygen atoms in total. The van der Waals surface area contributed by atoms with Crippen LogP contribution in [0.3, 0.4) is 0 Å². The summed E-state index contributed by atoms with van der Waals surface area (Å²) < 4.78 is 1.75. The maximum Gasteiger partial charge on any atom is 0.226 e. The van der Waals surface area contributed by atoms with Gasteiger partial charge in [0, 0.05) is 38.6 Å². The minimum absolute atomic E-state index is 0.369. The van der Waals surface area contributed by atoms with E-state index in [0.29, 0.717) is 18.2 Å². The van der Waals surface area contributed by atoms with Gasteiger partial charge in [0.2, 0.25) is 5.95 Å². The molecule has 0 aliphatic heterocycles. The van der Waals surface area contributed by atoms with Crippen molar-refractivity contribution in [2.24, 2.45) is 7.05 Å². The fourth-order valence-corrected chi connectivity index (χ4v) is 1.49. The summed E-state index contributed by atoms with van der Waals surface area (Å²) in [7, 11) is 3.75. The minimum Gasteiger partial charge on any atom is -0.339 e. The number of nitrogens with zero attached hydrogens (tertiary/aromatic N) is 6. The van der Waals surface area contributed by atoms with E-state index in [9.17, 15) is 0 Å². The summed E-state index contributed by atoms with van der Waals surface area (Å²) in [5.74, 6) is 0.535. The summed E-state index contributed by atoms with van der Waals surface area (Å²) in [5.41, 5.74) is 1.44. The predicted octanol–water partition coefficient (Wildman–Crippen LogP) is 0.718. The molecule has 0 fully saturated rings. The highest BCUT2D eigenvalue weighted by Crippen LogP contribution is 2.09. The average Bonchev–Trinajstić information content (AvgIpc) is 2.75. The van der Waals surface area contributed by atoms with Gasteiger partial charge in [-0.2, -0.15) is 10.4 Å². The number of aromatic nitrogens is 4. The predicted molar refractivity (Wildman–Crippen MR) is 62.1 cm³/mol. The van der Waals surface area contributed by atoms with E-state index in [-0.39, 0.29) is 0 Å². The molecule has 0 aliphatic carbocycles. The van der Waals surface area contributed by atoms with Crippen molar-refractivity contribution in [2.45, 2.75) is 6.54 Å². The normalized spacial score (nSPS) is 9.94. The third-order valence-corrected chi connectivity index (χ3v) is 2.28. The fourth-order valence-electron chi connectivity index (χ4n) is 1.49. The molecule has 2 rings (SSSR count). The van der Waals surface area contributed by atoms with Gasteiger partial charge in [0.15, 0.2) is 0 Å². The third kappa shape index (κ3) is 2.58. The third-order valence-electron chi connectivity index (χ3n) is 2.28. The van der Waals surface area contributed by atoms with Crippen molar-refractivity contribution < 1.29 is 0 Å². The molecule has 0 aromatic carbocycles. The first-order valence-corrected chi connectivity index (χ1v) is 5.11. The van der Waals surface area contributed by atoms with Crippen LogP contribution < -0.4 is 4.90 Å². The quantitative estimate of drug-likeness (QED) is 0.774. The highest BCUT2D eigenvalue weighted by Gasteiger charge is 2.07. The number of hydrogen-bond acceptors (Lipinski definition) is 5. The van der Waals surface area contributed by atoms with Gasteiger partial charge in [-0.15, -0.1) is 0 Å². The second-order valence-electron chi connectivity index (χ2n) is 3.73. The molecule has 0 unspecified atom stereocenters. The van der Waals surface area contributed by atoms with Crippen molar-refractivity contribution in [3.63, 3.8) is 0 Å². The smallest absolute Gasteiger partial charge is 0.226 e. The standard InChI is InChI=1S/C11H12N6/c1-16(7-9-6-14-17(2)8-9)11-13-4-3-10(5-12)15-11/h3-4,6,8H,7H2,1-2H3. The number of nitriles is 1. The maximum atomic E-state index is 8.76. The Morgan fingerprint density at radius 1 is 1.53 bits per heavy atom. The summed E-state index contributed by atoms with van der Waals surface area (Å²) in [5, 5.41) is 12.9. The number of aryl methyl sites for hydroxylation is 1. The molecule has 2 aromatic heterocycles. The molecule has 0 amide bonds. The van der Waals surface area contributed by atoms with Crippen LogP contribution in [0.1, 0.15) is 11.3 Å². The molecule has 0 saturated carbocycles. The van der Waals surface area contributed by atoms with Gasteiger partial charge in [-0.3, -0.25) is 4.68 Å². The van der Waals surface area contributed by atoms with Gasteiger partial charge in [0.1, 0.15) is 11.8 Å². The highest BCUT2D eigenvalue weighted by molar-refractivity contribution is 5.33. The Hall–Kier alpha value is -2.42. The molecule has 2 heterocycles. The van der Waals surface area contributed by atoms with Crippen LogP contribution in [0, 0.1) is 11.3 Å². The number of hydrogen-bond donors (Lipinski definition) is 0. The molecule has 86 valence electrons. The molecule has 17 heavy (non-hydrogen) atoms. The molecule has 0 atom stereocenters. The molecule has 0 aliphatic rings. The first-order chi connectivity index (χ1) is 8.19. The lowest BCUT2D eigenvalue weighted by Crippen LogP contribution is -2.19. The lowest BCUT2D eigenvalue weighted by atomic mass is 10.3. The molecule has 0 saturated heterocycles. The summed E-state index contributed by atoms with van der Waals surface area (Å²) in [6, 6.07) is 3.58. The van der Waals surface area contributed by atoms with Crippen LogP contribution in [-0.4, -0.2) is 26.8 Å². The Morgan fingerprint density at radius 2 is 2.35 bits per heavy atom. The summed E-state index contributed by atoms with van der Waals surface area (Å²) >= 11 is 0. The molecular formula is C11H12N6. The summed E-state index contributed by atoms with van der Waals surface area (Å²) in [6.07, 6.45) is 5.32. The van der Waals surface area contributed by atoms with Crippen molar-refractivity contribution in [2.75, 3.05) is 11.9 Å². The van der Waals surface area contributed by atoms with E-state index in [1.807, 2.05) is 31.3 Å². The molecular weight excluding hydrogens is 216 g/mol. The van der Waals surface area contributed by atoms with Crippen LogP contribution in [0.15, 0.2) is 24.7 Å². The van der Waals surface area contributed by atoms with Gasteiger partial charge < -0.3 is 4.90 Å². The Bertz CT molecular complexity index is 553. The topological polar surface area (TPSA) is 70.6 Å². The van der Waals surface area contributed by atoms with Crippen molar-refractivity contribution in [1.29, 1.82) is 5.26 Å². The van der Waals surface area contributed by atoms with Crippen molar-refractivity contribution in [3.05, 3.63) is 35.9 Å². The zero-order valence-corrected chi connectivity index (χ0v) is 9.70. The van der Waals surface area contributed by atoms with Gasteiger partial charge in [0.05, 0.1) is 6.20 Å². The highest BCUT2D eigenvalue weighted by atomic mass is 15.3. The maximum absolute atomic E-state index is 8.76. The van der Waals surface area contributed by atoms with Gasteiger partial charge in [0.25, 0.3) is 0 Å². The molecule has 0 spiro atoms. The Kier molecular flexibility index (Phi) is 3.01. The fraction of sp³-hybridized carbons (Fsp3) is 0.273. The lowest BCUT2D eigenvalue weighted by Gasteiger charge is -2.15. The first-order valence-electron chi connectivity index (χ1n) is 5.11. The van der Waals surface area contributed by atoms with E-state index < -0.39 is 0 Å². The SMILES string of the molecule is CN(Cc1cnn(C)c1)c1nccc(C#N)n1. The summed E-state index contributed by atoms with van der Waals surface area (Å²) in [6.45, 7) is 0.655. The Morgan fingerprint density at radius 3 is 3.00 bits per heavy atom. The van der Waals surface area contributed by atoms with E-state index >= 15 is 0 Å². The molecule has 6 heteroatoms. The molecule has 0 N–H and O–H groups in total. The van der Waals surface area contributed by atoms with Gasteiger partial charge in [-0.05, 0) is 6.07 Å². The van der Waals surface area contributed by atoms with Gasteiger partial charge in [-0.1, -0.05) is 0 Å².